The Morgan fingerprint density at radius 2 is 1.94 bits per heavy atom. The maximum atomic E-state index is 12.7. The topological polar surface area (TPSA) is 89.5 Å². The zero-order valence-electron chi connectivity index (χ0n) is 18.0. The Morgan fingerprint density at radius 1 is 1.19 bits per heavy atom. The van der Waals surface area contributed by atoms with Crippen molar-refractivity contribution < 1.29 is 19.1 Å². The summed E-state index contributed by atoms with van der Waals surface area (Å²) in [6.07, 6.45) is 0.826. The lowest BCUT2D eigenvalue weighted by atomic mass is 10.1. The normalized spacial score (nSPS) is 10.5. The van der Waals surface area contributed by atoms with E-state index in [0.717, 1.165) is 23.2 Å². The van der Waals surface area contributed by atoms with Gasteiger partial charge in [0.1, 0.15) is 0 Å². The first-order chi connectivity index (χ1) is 15.4. The van der Waals surface area contributed by atoms with Crippen LogP contribution >= 0.6 is 22.9 Å². The summed E-state index contributed by atoms with van der Waals surface area (Å²) in [5, 5.41) is 8.20. The molecule has 0 unspecified atom stereocenters. The van der Waals surface area contributed by atoms with Gasteiger partial charge in [-0.25, -0.2) is 4.98 Å². The fourth-order valence-electron chi connectivity index (χ4n) is 2.85. The van der Waals surface area contributed by atoms with Gasteiger partial charge in [0.25, 0.3) is 5.91 Å². The van der Waals surface area contributed by atoms with Crippen molar-refractivity contribution in [2.45, 2.75) is 26.8 Å². The molecule has 3 aromatic rings. The molecule has 7 nitrogen and oxygen atoms in total. The Kier molecular flexibility index (Phi) is 8.08. The summed E-state index contributed by atoms with van der Waals surface area (Å²) in [6, 6.07) is 10.9. The minimum absolute atomic E-state index is 0.0732. The van der Waals surface area contributed by atoms with Gasteiger partial charge in [0.05, 0.1) is 24.4 Å². The van der Waals surface area contributed by atoms with E-state index in [4.69, 9.17) is 21.1 Å². The predicted octanol–water partition coefficient (Wildman–Crippen LogP) is 5.15. The van der Waals surface area contributed by atoms with Crippen LogP contribution in [0, 0.1) is 0 Å². The van der Waals surface area contributed by atoms with E-state index in [-0.39, 0.29) is 11.8 Å². The van der Waals surface area contributed by atoms with Crippen LogP contribution in [0.1, 0.15) is 36.2 Å². The van der Waals surface area contributed by atoms with Gasteiger partial charge < -0.3 is 14.8 Å². The number of thiazole rings is 1. The number of aromatic nitrogens is 1. The zero-order chi connectivity index (χ0) is 23.1. The molecule has 0 atom stereocenters. The maximum absolute atomic E-state index is 12.7. The number of anilines is 1. The van der Waals surface area contributed by atoms with E-state index in [0.29, 0.717) is 40.4 Å². The molecule has 3 rings (SSSR count). The second kappa shape index (κ2) is 11.0. The standard InChI is InChI=1S/C23H24ClN3O4S/c1-4-9-31-21-18(24)10-17(11-20(21)30-3)22(29)27-23-26-19(13-32-23)16-7-5-15(6-8-16)12-25-14(2)28/h5-8,10-11,13H,4,9,12H2,1-3H3,(H,25,28)(H,26,27,29). The van der Waals surface area contributed by atoms with Gasteiger partial charge in [-0.2, -0.15) is 0 Å². The van der Waals surface area contributed by atoms with Gasteiger partial charge in [0.15, 0.2) is 16.6 Å². The molecule has 0 radical (unpaired) electrons. The SMILES string of the molecule is CCCOc1c(Cl)cc(C(=O)Nc2nc(-c3ccc(CNC(C)=O)cc3)cs2)cc1OC. The summed E-state index contributed by atoms with van der Waals surface area (Å²) in [7, 11) is 1.50. The second-order valence-corrected chi connectivity index (χ2v) is 8.20. The third kappa shape index (κ3) is 5.99. The lowest BCUT2D eigenvalue weighted by molar-refractivity contribution is -0.119. The van der Waals surface area contributed by atoms with Crippen LogP contribution in [0.15, 0.2) is 41.8 Å². The third-order valence-corrected chi connectivity index (χ3v) is 5.50. The highest BCUT2D eigenvalue weighted by atomic mass is 35.5. The van der Waals surface area contributed by atoms with E-state index in [2.05, 4.69) is 15.6 Å². The van der Waals surface area contributed by atoms with Gasteiger partial charge in [-0.3, -0.25) is 14.9 Å². The fourth-order valence-corrected chi connectivity index (χ4v) is 3.83. The molecule has 0 saturated heterocycles. The lowest BCUT2D eigenvalue weighted by Gasteiger charge is -2.13. The number of benzene rings is 2. The Labute approximate surface area is 195 Å². The van der Waals surface area contributed by atoms with Crippen molar-refractivity contribution >= 4 is 39.9 Å². The molecular weight excluding hydrogens is 450 g/mol. The predicted molar refractivity (Wildman–Crippen MR) is 127 cm³/mol. The smallest absolute Gasteiger partial charge is 0.257 e. The number of hydrogen-bond donors (Lipinski definition) is 2. The Morgan fingerprint density at radius 3 is 2.59 bits per heavy atom. The number of halogens is 1. The molecule has 0 aliphatic heterocycles. The van der Waals surface area contributed by atoms with Gasteiger partial charge in [-0.05, 0) is 24.1 Å². The van der Waals surface area contributed by atoms with Gasteiger partial charge >= 0.3 is 0 Å². The van der Waals surface area contributed by atoms with Crippen LogP contribution in [0.2, 0.25) is 5.02 Å². The molecule has 0 saturated carbocycles. The highest BCUT2D eigenvalue weighted by Gasteiger charge is 2.17. The average Bonchev–Trinajstić information content (AvgIpc) is 3.25. The van der Waals surface area contributed by atoms with E-state index in [1.54, 1.807) is 12.1 Å². The molecular formula is C23H24ClN3O4S. The monoisotopic (exact) mass is 473 g/mol. The molecule has 1 aromatic heterocycles. The van der Waals surface area contributed by atoms with Gasteiger partial charge in [-0.1, -0.05) is 42.8 Å². The van der Waals surface area contributed by atoms with Gasteiger partial charge in [-0.15, -0.1) is 11.3 Å². The van der Waals surface area contributed by atoms with Crippen molar-refractivity contribution in [3.05, 3.63) is 57.9 Å². The van der Waals surface area contributed by atoms with Crippen molar-refractivity contribution in [2.75, 3.05) is 19.0 Å². The largest absolute Gasteiger partial charge is 0.493 e. The molecule has 0 spiro atoms. The number of nitrogens with zero attached hydrogens (tertiary/aromatic N) is 1. The highest BCUT2D eigenvalue weighted by Crippen LogP contribution is 2.37. The van der Waals surface area contributed by atoms with E-state index < -0.39 is 0 Å². The molecule has 0 aliphatic rings. The first-order valence-corrected chi connectivity index (χ1v) is 11.3. The molecule has 32 heavy (non-hydrogen) atoms. The van der Waals surface area contributed by atoms with E-state index in [9.17, 15) is 9.59 Å². The summed E-state index contributed by atoms with van der Waals surface area (Å²) in [5.41, 5.74) is 2.99. The molecule has 1 heterocycles. The van der Waals surface area contributed by atoms with Gasteiger partial charge in [0.2, 0.25) is 5.91 Å². The van der Waals surface area contributed by atoms with Crippen LogP contribution in [0.4, 0.5) is 5.13 Å². The molecule has 168 valence electrons. The number of nitrogens with one attached hydrogen (secondary N) is 2. The van der Waals surface area contributed by atoms with Crippen LogP contribution in [-0.2, 0) is 11.3 Å². The zero-order valence-corrected chi connectivity index (χ0v) is 19.6. The van der Waals surface area contributed by atoms with Crippen molar-refractivity contribution in [2.24, 2.45) is 0 Å². The number of hydrogen-bond acceptors (Lipinski definition) is 6. The molecule has 0 aliphatic carbocycles. The average molecular weight is 474 g/mol. The minimum Gasteiger partial charge on any atom is -0.493 e. The summed E-state index contributed by atoms with van der Waals surface area (Å²) in [4.78, 5) is 28.3. The summed E-state index contributed by atoms with van der Waals surface area (Å²) < 4.78 is 11.0. The summed E-state index contributed by atoms with van der Waals surface area (Å²) in [5.74, 6) is 0.399. The fraction of sp³-hybridized carbons (Fsp3) is 0.261. The number of carbonyl (C=O) groups excluding carboxylic acids is 2. The Hall–Kier alpha value is -3.10. The van der Waals surface area contributed by atoms with Crippen LogP contribution < -0.4 is 20.1 Å². The quantitative estimate of drug-likeness (QED) is 0.448. The lowest BCUT2D eigenvalue weighted by Crippen LogP contribution is -2.18. The number of amides is 2. The molecule has 0 fully saturated rings. The summed E-state index contributed by atoms with van der Waals surface area (Å²) in [6.45, 7) is 4.45. The van der Waals surface area contributed by atoms with Crippen molar-refractivity contribution in [3.63, 3.8) is 0 Å². The van der Waals surface area contributed by atoms with E-state index in [1.165, 1.54) is 25.4 Å². The van der Waals surface area contributed by atoms with Crippen LogP contribution in [0.25, 0.3) is 11.3 Å². The molecule has 2 aromatic carbocycles. The van der Waals surface area contributed by atoms with Crippen LogP contribution in [-0.4, -0.2) is 30.5 Å². The number of ether oxygens (including phenoxy) is 2. The van der Waals surface area contributed by atoms with E-state index >= 15 is 0 Å². The number of rotatable bonds is 9. The third-order valence-electron chi connectivity index (χ3n) is 4.46. The molecule has 9 heteroatoms. The minimum atomic E-state index is -0.348. The first-order valence-electron chi connectivity index (χ1n) is 10.0. The first kappa shape index (κ1) is 23.6. The number of carbonyl (C=O) groups is 2. The Balaban J connectivity index is 1.70. The maximum Gasteiger partial charge on any atom is 0.257 e. The van der Waals surface area contributed by atoms with Crippen molar-refractivity contribution in [1.29, 1.82) is 0 Å². The van der Waals surface area contributed by atoms with Gasteiger partial charge in [0, 0.05) is 30.0 Å². The highest BCUT2D eigenvalue weighted by molar-refractivity contribution is 7.14. The van der Waals surface area contributed by atoms with Crippen molar-refractivity contribution in [3.8, 4) is 22.8 Å². The van der Waals surface area contributed by atoms with Crippen LogP contribution in [0.5, 0.6) is 11.5 Å². The molecule has 2 N–H and O–H groups in total. The molecule has 2 amide bonds. The van der Waals surface area contributed by atoms with Crippen LogP contribution in [0.3, 0.4) is 0 Å². The Bertz CT molecular complexity index is 1100. The van der Waals surface area contributed by atoms with Crippen molar-refractivity contribution in [1.82, 2.24) is 10.3 Å². The number of methoxy groups -OCH3 is 1. The summed E-state index contributed by atoms with van der Waals surface area (Å²) >= 11 is 7.64. The second-order valence-electron chi connectivity index (χ2n) is 6.94. The molecule has 0 bridgehead atoms. The van der Waals surface area contributed by atoms with E-state index in [1.807, 2.05) is 36.6 Å².